The first-order chi connectivity index (χ1) is 10.7. The highest BCUT2D eigenvalue weighted by Gasteiger charge is 2.39. The Morgan fingerprint density at radius 1 is 1.17 bits per heavy atom. The highest BCUT2D eigenvalue weighted by Crippen LogP contribution is 2.40. The molecule has 2 N–H and O–H groups in total. The van der Waals surface area contributed by atoms with Gasteiger partial charge in [-0.15, -0.1) is 0 Å². The molecule has 4 heteroatoms. The van der Waals surface area contributed by atoms with E-state index in [9.17, 15) is 14.7 Å². The second-order valence-corrected chi connectivity index (χ2v) is 8.36. The first-order valence-corrected chi connectivity index (χ1v) is 9.19. The summed E-state index contributed by atoms with van der Waals surface area (Å²) in [6, 6.07) is -0.789. The maximum absolute atomic E-state index is 12.6. The van der Waals surface area contributed by atoms with Crippen LogP contribution < -0.4 is 5.32 Å². The molecule has 134 valence electrons. The van der Waals surface area contributed by atoms with E-state index in [1.54, 1.807) is 0 Å². The van der Waals surface area contributed by atoms with Crippen molar-refractivity contribution in [2.24, 2.45) is 23.2 Å². The van der Waals surface area contributed by atoms with Gasteiger partial charge in [-0.1, -0.05) is 53.9 Å². The third kappa shape index (κ3) is 6.15. The molecule has 0 saturated heterocycles. The number of carbonyl (C=O) groups is 2. The van der Waals surface area contributed by atoms with E-state index in [0.29, 0.717) is 0 Å². The molecular formula is C19H35NO3. The summed E-state index contributed by atoms with van der Waals surface area (Å²) in [4.78, 5) is 23.8. The van der Waals surface area contributed by atoms with Crippen molar-refractivity contribution in [3.05, 3.63) is 0 Å². The van der Waals surface area contributed by atoms with Gasteiger partial charge in [0.05, 0.1) is 0 Å². The zero-order valence-corrected chi connectivity index (χ0v) is 15.5. The number of carboxylic acids is 1. The molecule has 0 aromatic rings. The molecule has 1 fully saturated rings. The Hall–Kier alpha value is -1.06. The molecular weight excluding hydrogens is 290 g/mol. The molecule has 0 heterocycles. The molecule has 1 aliphatic rings. The lowest BCUT2D eigenvalue weighted by atomic mass is 9.70. The number of amides is 1. The number of rotatable bonds is 8. The highest BCUT2D eigenvalue weighted by molar-refractivity contribution is 5.87. The molecule has 0 unspecified atom stereocenters. The van der Waals surface area contributed by atoms with Crippen LogP contribution in [0.1, 0.15) is 79.6 Å². The van der Waals surface area contributed by atoms with E-state index in [2.05, 4.69) is 19.2 Å². The Balaban J connectivity index is 2.48. The number of aliphatic carboxylic acids is 1. The molecule has 1 rings (SSSR count). The van der Waals surface area contributed by atoms with Crippen molar-refractivity contribution in [3.63, 3.8) is 0 Å². The van der Waals surface area contributed by atoms with Crippen LogP contribution in [-0.4, -0.2) is 23.0 Å². The molecule has 0 aromatic heterocycles. The van der Waals surface area contributed by atoms with Crippen molar-refractivity contribution >= 4 is 11.9 Å². The second-order valence-electron chi connectivity index (χ2n) is 8.36. The molecule has 1 aliphatic carbocycles. The van der Waals surface area contributed by atoms with E-state index >= 15 is 0 Å². The fourth-order valence-corrected chi connectivity index (χ4v) is 3.47. The van der Waals surface area contributed by atoms with Crippen molar-refractivity contribution in [3.8, 4) is 0 Å². The zero-order chi connectivity index (χ0) is 17.6. The predicted molar refractivity (Wildman–Crippen MR) is 93.2 cm³/mol. The average molecular weight is 325 g/mol. The largest absolute Gasteiger partial charge is 0.480 e. The van der Waals surface area contributed by atoms with Gasteiger partial charge in [0.15, 0.2) is 0 Å². The standard InChI is InChI=1S/C19H35NO3/c1-13(2)7-6-8-15-9-11-19(5,12-10-15)18(23)20-16(14(3)4)17(21)22/h13-16H,6-12H2,1-5H3,(H,20,23)(H,21,22)/t15-,16-,19-/m0/s1. The molecule has 1 atom stereocenters. The normalized spacial score (nSPS) is 26.3. The van der Waals surface area contributed by atoms with Gasteiger partial charge >= 0.3 is 5.97 Å². The average Bonchev–Trinajstić information content (AvgIpc) is 2.45. The fourth-order valence-electron chi connectivity index (χ4n) is 3.47. The first kappa shape index (κ1) is 20.0. The SMILES string of the molecule is CC(C)CCC[C@H]1CC[C@](C)(C(=O)N[C@H](C(=O)O)C(C)C)CC1. The lowest BCUT2D eigenvalue weighted by Crippen LogP contribution is -2.50. The van der Waals surface area contributed by atoms with Gasteiger partial charge in [0, 0.05) is 5.41 Å². The molecule has 0 aliphatic heterocycles. The van der Waals surface area contributed by atoms with Crippen LogP contribution in [0.5, 0.6) is 0 Å². The third-order valence-corrected chi connectivity index (χ3v) is 5.37. The van der Waals surface area contributed by atoms with Gasteiger partial charge in [-0.05, 0) is 43.4 Å². The van der Waals surface area contributed by atoms with Crippen molar-refractivity contribution in [2.45, 2.75) is 85.6 Å². The minimum Gasteiger partial charge on any atom is -0.480 e. The smallest absolute Gasteiger partial charge is 0.326 e. The van der Waals surface area contributed by atoms with Gasteiger partial charge < -0.3 is 10.4 Å². The summed E-state index contributed by atoms with van der Waals surface area (Å²) in [5.41, 5.74) is -0.406. The third-order valence-electron chi connectivity index (χ3n) is 5.37. The molecule has 0 spiro atoms. The molecule has 0 radical (unpaired) electrons. The molecule has 0 bridgehead atoms. The number of carboxylic acid groups (broad SMARTS) is 1. The minimum atomic E-state index is -0.945. The van der Waals surface area contributed by atoms with E-state index in [-0.39, 0.29) is 11.8 Å². The minimum absolute atomic E-state index is 0.0840. The Labute approximate surface area is 141 Å². The lowest BCUT2D eigenvalue weighted by Gasteiger charge is -2.37. The fraction of sp³-hybridized carbons (Fsp3) is 0.895. The predicted octanol–water partition coefficient (Wildman–Crippen LogP) is 4.23. The van der Waals surface area contributed by atoms with Crippen molar-refractivity contribution in [1.29, 1.82) is 0 Å². The van der Waals surface area contributed by atoms with E-state index < -0.39 is 17.4 Å². The quantitative estimate of drug-likeness (QED) is 0.701. The molecule has 0 aromatic carbocycles. The van der Waals surface area contributed by atoms with Crippen LogP contribution in [0, 0.1) is 23.2 Å². The van der Waals surface area contributed by atoms with Gasteiger partial charge in [-0.2, -0.15) is 0 Å². The Morgan fingerprint density at radius 2 is 1.74 bits per heavy atom. The van der Waals surface area contributed by atoms with Crippen molar-refractivity contribution < 1.29 is 14.7 Å². The van der Waals surface area contributed by atoms with E-state index in [0.717, 1.165) is 37.5 Å². The topological polar surface area (TPSA) is 66.4 Å². The maximum Gasteiger partial charge on any atom is 0.326 e. The summed E-state index contributed by atoms with van der Waals surface area (Å²) in [5.74, 6) is 0.361. The van der Waals surface area contributed by atoms with E-state index in [1.165, 1.54) is 19.3 Å². The Kier molecular flexibility index (Phi) is 7.56. The first-order valence-electron chi connectivity index (χ1n) is 9.19. The Bertz CT molecular complexity index is 395. The van der Waals surface area contributed by atoms with Crippen LogP contribution in [0.2, 0.25) is 0 Å². The lowest BCUT2D eigenvalue weighted by molar-refractivity contribution is -0.145. The number of nitrogens with one attached hydrogen (secondary N) is 1. The Morgan fingerprint density at radius 3 is 2.17 bits per heavy atom. The van der Waals surface area contributed by atoms with Gasteiger partial charge in [-0.3, -0.25) is 4.79 Å². The molecule has 1 amide bonds. The summed E-state index contributed by atoms with van der Waals surface area (Å²) in [7, 11) is 0. The number of hydrogen-bond acceptors (Lipinski definition) is 2. The van der Waals surface area contributed by atoms with E-state index in [4.69, 9.17) is 0 Å². The second kappa shape index (κ2) is 8.70. The van der Waals surface area contributed by atoms with Gasteiger partial charge in [0.2, 0.25) is 5.91 Å². The van der Waals surface area contributed by atoms with Gasteiger partial charge in [-0.25, -0.2) is 4.79 Å². The summed E-state index contributed by atoms with van der Waals surface area (Å²) in [6.45, 7) is 10.2. The monoisotopic (exact) mass is 325 g/mol. The van der Waals surface area contributed by atoms with Gasteiger partial charge in [0.25, 0.3) is 0 Å². The maximum atomic E-state index is 12.6. The molecule has 4 nitrogen and oxygen atoms in total. The summed E-state index contributed by atoms with van der Waals surface area (Å²) < 4.78 is 0. The van der Waals surface area contributed by atoms with Gasteiger partial charge in [0.1, 0.15) is 6.04 Å². The zero-order valence-electron chi connectivity index (χ0n) is 15.5. The number of carbonyl (C=O) groups excluding carboxylic acids is 1. The summed E-state index contributed by atoms with van der Waals surface area (Å²) >= 11 is 0. The van der Waals surface area contributed by atoms with Crippen LogP contribution >= 0.6 is 0 Å². The van der Waals surface area contributed by atoms with Crippen molar-refractivity contribution in [2.75, 3.05) is 0 Å². The van der Waals surface area contributed by atoms with Crippen LogP contribution in [0.25, 0.3) is 0 Å². The van der Waals surface area contributed by atoms with Crippen LogP contribution in [0.4, 0.5) is 0 Å². The summed E-state index contributed by atoms with van der Waals surface area (Å²) in [5, 5.41) is 12.0. The van der Waals surface area contributed by atoms with Crippen molar-refractivity contribution in [1.82, 2.24) is 5.32 Å². The van der Waals surface area contributed by atoms with E-state index in [1.807, 2.05) is 20.8 Å². The van der Waals surface area contributed by atoms with Crippen LogP contribution in [0.15, 0.2) is 0 Å². The summed E-state index contributed by atoms with van der Waals surface area (Å²) in [6.07, 6.45) is 7.73. The highest BCUT2D eigenvalue weighted by atomic mass is 16.4. The molecule has 23 heavy (non-hydrogen) atoms. The van der Waals surface area contributed by atoms with Crippen LogP contribution in [-0.2, 0) is 9.59 Å². The molecule has 1 saturated carbocycles. The van der Waals surface area contributed by atoms with Crippen LogP contribution in [0.3, 0.4) is 0 Å². The number of hydrogen-bond donors (Lipinski definition) is 2.